The molecule has 1 aromatic carbocycles. The zero-order chi connectivity index (χ0) is 27.3. The number of carbonyl (C=O) groups is 3. The SMILES string of the molecule is COC1CCN(C(=O)C2CCc3c(C4=CCC(C(=O)O)CC4)nn(C(=O)c4c(Cl)cccc4C4CC4)c3C2)C1. The van der Waals surface area contributed by atoms with Gasteiger partial charge in [0.15, 0.2) is 0 Å². The number of carbonyl (C=O) groups excluding carboxylic acids is 2. The van der Waals surface area contributed by atoms with E-state index in [1.165, 1.54) is 4.68 Å². The molecular formula is C30H34ClN3O5. The molecule has 9 heteroatoms. The van der Waals surface area contributed by atoms with Gasteiger partial charge in [0.25, 0.3) is 5.91 Å². The summed E-state index contributed by atoms with van der Waals surface area (Å²) in [6.45, 7) is 1.29. The second-order valence-electron chi connectivity index (χ2n) is 11.4. The number of halogens is 1. The molecule has 3 atom stereocenters. The van der Waals surface area contributed by atoms with Crippen molar-refractivity contribution in [1.82, 2.24) is 14.7 Å². The number of rotatable bonds is 6. The van der Waals surface area contributed by atoms with Crippen LogP contribution in [-0.4, -0.2) is 63.9 Å². The molecule has 1 aromatic heterocycles. The van der Waals surface area contributed by atoms with Crippen LogP contribution >= 0.6 is 11.6 Å². The zero-order valence-corrected chi connectivity index (χ0v) is 23.0. The average Bonchev–Trinajstić information content (AvgIpc) is 3.56. The molecule has 39 heavy (non-hydrogen) atoms. The van der Waals surface area contributed by atoms with Crippen molar-refractivity contribution in [3.05, 3.63) is 57.4 Å². The van der Waals surface area contributed by atoms with Crippen molar-refractivity contribution in [2.24, 2.45) is 11.8 Å². The quantitative estimate of drug-likeness (QED) is 0.557. The normalized spacial score (nSPS) is 24.8. The lowest BCUT2D eigenvalue weighted by molar-refractivity contribution is -0.142. The van der Waals surface area contributed by atoms with E-state index >= 15 is 0 Å². The highest BCUT2D eigenvalue weighted by Crippen LogP contribution is 2.44. The van der Waals surface area contributed by atoms with Gasteiger partial charge in [-0.3, -0.25) is 14.4 Å². The van der Waals surface area contributed by atoms with Crippen LogP contribution in [0.25, 0.3) is 5.57 Å². The summed E-state index contributed by atoms with van der Waals surface area (Å²) in [7, 11) is 1.68. The highest BCUT2D eigenvalue weighted by molar-refractivity contribution is 6.34. The van der Waals surface area contributed by atoms with E-state index in [9.17, 15) is 19.5 Å². The highest BCUT2D eigenvalue weighted by atomic mass is 35.5. The summed E-state index contributed by atoms with van der Waals surface area (Å²) in [5.74, 6) is -1.21. The Morgan fingerprint density at radius 3 is 2.54 bits per heavy atom. The van der Waals surface area contributed by atoms with E-state index in [4.69, 9.17) is 21.4 Å². The van der Waals surface area contributed by atoms with E-state index < -0.39 is 11.9 Å². The van der Waals surface area contributed by atoms with Crippen LogP contribution in [-0.2, 0) is 27.2 Å². The highest BCUT2D eigenvalue weighted by Gasteiger charge is 2.38. The van der Waals surface area contributed by atoms with Crippen LogP contribution in [0.15, 0.2) is 24.3 Å². The molecule has 2 aromatic rings. The molecule has 2 fully saturated rings. The molecule has 0 bridgehead atoms. The van der Waals surface area contributed by atoms with Gasteiger partial charge >= 0.3 is 5.97 Å². The van der Waals surface area contributed by atoms with Gasteiger partial charge < -0.3 is 14.7 Å². The Kier molecular flexibility index (Phi) is 7.10. The number of aromatic nitrogens is 2. The Hall–Kier alpha value is -2.97. The topological polar surface area (TPSA) is 102 Å². The lowest BCUT2D eigenvalue weighted by Crippen LogP contribution is -2.38. The first kappa shape index (κ1) is 26.3. The number of carboxylic acids is 1. The minimum absolute atomic E-state index is 0.0701. The van der Waals surface area contributed by atoms with Crippen molar-refractivity contribution in [3.63, 3.8) is 0 Å². The van der Waals surface area contributed by atoms with E-state index in [1.807, 2.05) is 23.1 Å². The third kappa shape index (κ3) is 4.93. The van der Waals surface area contributed by atoms with Gasteiger partial charge in [0.05, 0.1) is 34.0 Å². The predicted octanol–water partition coefficient (Wildman–Crippen LogP) is 4.72. The van der Waals surface area contributed by atoms with Crippen molar-refractivity contribution in [2.45, 2.75) is 69.8 Å². The number of likely N-dealkylation sites (tertiary alicyclic amines) is 1. The van der Waals surface area contributed by atoms with Gasteiger partial charge in [0.1, 0.15) is 0 Å². The molecule has 3 unspecified atom stereocenters. The van der Waals surface area contributed by atoms with Crippen molar-refractivity contribution >= 4 is 35.0 Å². The van der Waals surface area contributed by atoms with Gasteiger partial charge in [-0.1, -0.05) is 29.8 Å². The number of hydrogen-bond donors (Lipinski definition) is 1. The summed E-state index contributed by atoms with van der Waals surface area (Å²) in [5.41, 5.74) is 5.01. The van der Waals surface area contributed by atoms with Crippen LogP contribution in [0.3, 0.4) is 0 Å². The Balaban J connectivity index is 1.37. The summed E-state index contributed by atoms with van der Waals surface area (Å²) >= 11 is 6.62. The molecule has 1 amide bonds. The van der Waals surface area contributed by atoms with Gasteiger partial charge in [0.2, 0.25) is 5.91 Å². The molecule has 206 valence electrons. The molecule has 1 saturated heterocycles. The fraction of sp³-hybridized carbons (Fsp3) is 0.533. The number of fused-ring (bicyclic) bond motifs is 1. The van der Waals surface area contributed by atoms with Gasteiger partial charge in [-0.05, 0) is 74.5 Å². The number of amides is 1. The predicted molar refractivity (Wildman–Crippen MR) is 146 cm³/mol. The number of allylic oxidation sites excluding steroid dienone is 2. The summed E-state index contributed by atoms with van der Waals surface area (Å²) in [5, 5.41) is 14.8. The Morgan fingerprint density at radius 2 is 1.87 bits per heavy atom. The Labute approximate surface area is 233 Å². The van der Waals surface area contributed by atoms with E-state index in [1.54, 1.807) is 13.2 Å². The minimum atomic E-state index is -0.779. The third-order valence-corrected chi connectivity index (χ3v) is 9.26. The number of hydrogen-bond acceptors (Lipinski definition) is 5. The minimum Gasteiger partial charge on any atom is -0.481 e. The summed E-state index contributed by atoms with van der Waals surface area (Å²) in [6.07, 6.45) is 8.33. The standard InChI is InChI=1S/C30H34ClN3O5/c1-39-21-13-14-33(16-21)28(35)20-11-12-23-25(15-20)34(32-27(23)18-7-9-19(10-8-18)30(37)38)29(36)26-22(17-5-6-17)3-2-4-24(26)31/h2-4,7,17,19-21H,5-6,8-16H2,1H3,(H,37,38). The molecule has 1 saturated carbocycles. The van der Waals surface area contributed by atoms with Crippen LogP contribution in [0.1, 0.15) is 83.7 Å². The average molecular weight is 552 g/mol. The molecule has 8 nitrogen and oxygen atoms in total. The monoisotopic (exact) mass is 551 g/mol. The lowest BCUT2D eigenvalue weighted by Gasteiger charge is -2.27. The molecule has 3 aliphatic carbocycles. The number of carboxylic acid groups (broad SMARTS) is 1. The van der Waals surface area contributed by atoms with Gasteiger partial charge in [-0.25, -0.2) is 0 Å². The van der Waals surface area contributed by atoms with Crippen molar-refractivity contribution in [1.29, 1.82) is 0 Å². The molecule has 1 N–H and O–H groups in total. The van der Waals surface area contributed by atoms with Gasteiger partial charge in [0, 0.05) is 38.1 Å². The smallest absolute Gasteiger partial charge is 0.306 e. The van der Waals surface area contributed by atoms with Gasteiger partial charge in [-0.2, -0.15) is 9.78 Å². The summed E-state index contributed by atoms with van der Waals surface area (Å²) < 4.78 is 6.97. The molecule has 2 heterocycles. The first-order valence-corrected chi connectivity index (χ1v) is 14.4. The number of methoxy groups -OCH3 is 1. The number of nitrogens with zero attached hydrogens (tertiary/aromatic N) is 3. The van der Waals surface area contributed by atoms with E-state index in [0.29, 0.717) is 68.1 Å². The molecule has 6 rings (SSSR count). The molecule has 1 aliphatic heterocycles. The summed E-state index contributed by atoms with van der Waals surface area (Å²) in [4.78, 5) is 41.0. The van der Waals surface area contributed by atoms with E-state index in [2.05, 4.69) is 0 Å². The van der Waals surface area contributed by atoms with Crippen molar-refractivity contribution in [2.75, 3.05) is 20.2 Å². The zero-order valence-electron chi connectivity index (χ0n) is 22.2. The lowest BCUT2D eigenvalue weighted by atomic mass is 9.82. The van der Waals surface area contributed by atoms with Crippen LogP contribution in [0, 0.1) is 11.8 Å². The maximum Gasteiger partial charge on any atom is 0.306 e. The first-order chi connectivity index (χ1) is 18.9. The largest absolute Gasteiger partial charge is 0.481 e. The molecule has 4 aliphatic rings. The number of ether oxygens (including phenoxy) is 1. The van der Waals surface area contributed by atoms with Gasteiger partial charge in [-0.15, -0.1) is 0 Å². The number of benzene rings is 1. The van der Waals surface area contributed by atoms with Crippen LogP contribution in [0.2, 0.25) is 5.02 Å². The van der Waals surface area contributed by atoms with Crippen LogP contribution in [0.4, 0.5) is 0 Å². The van der Waals surface area contributed by atoms with Crippen LogP contribution in [0.5, 0.6) is 0 Å². The van der Waals surface area contributed by atoms with E-state index in [-0.39, 0.29) is 23.8 Å². The second-order valence-corrected chi connectivity index (χ2v) is 11.8. The first-order valence-electron chi connectivity index (χ1n) is 14.0. The maximum absolute atomic E-state index is 14.2. The number of aliphatic carboxylic acids is 1. The van der Waals surface area contributed by atoms with Crippen molar-refractivity contribution in [3.8, 4) is 0 Å². The molecular weight excluding hydrogens is 518 g/mol. The third-order valence-electron chi connectivity index (χ3n) is 8.95. The Morgan fingerprint density at radius 1 is 1.08 bits per heavy atom. The summed E-state index contributed by atoms with van der Waals surface area (Å²) in [6, 6.07) is 5.62. The Bertz CT molecular complexity index is 1360. The van der Waals surface area contributed by atoms with Crippen LogP contribution < -0.4 is 0 Å². The fourth-order valence-electron chi connectivity index (χ4n) is 6.51. The fourth-order valence-corrected chi connectivity index (χ4v) is 6.77. The maximum atomic E-state index is 14.2. The molecule has 0 spiro atoms. The van der Waals surface area contributed by atoms with E-state index in [0.717, 1.165) is 47.4 Å². The molecule has 0 radical (unpaired) electrons. The van der Waals surface area contributed by atoms with Crippen molar-refractivity contribution < 1.29 is 24.2 Å². The second kappa shape index (κ2) is 10.5.